The summed E-state index contributed by atoms with van der Waals surface area (Å²) in [6.07, 6.45) is 5.11. The fraction of sp³-hybridized carbons (Fsp3) is 0.550. The second kappa shape index (κ2) is 8.61. The van der Waals surface area contributed by atoms with E-state index in [2.05, 4.69) is 30.7 Å². The number of hydrogen-bond acceptors (Lipinski definition) is 5. The molecule has 27 heavy (non-hydrogen) atoms. The van der Waals surface area contributed by atoms with E-state index in [0.29, 0.717) is 33.8 Å². The fourth-order valence-electron chi connectivity index (χ4n) is 3.60. The second-order valence-electron chi connectivity index (χ2n) is 7.38. The van der Waals surface area contributed by atoms with Crippen LogP contribution in [0.3, 0.4) is 0 Å². The van der Waals surface area contributed by atoms with E-state index in [4.69, 9.17) is 0 Å². The minimum atomic E-state index is -0.325. The van der Waals surface area contributed by atoms with Gasteiger partial charge in [0.2, 0.25) is 5.91 Å². The van der Waals surface area contributed by atoms with Crippen LogP contribution < -0.4 is 10.9 Å². The lowest BCUT2D eigenvalue weighted by Crippen LogP contribution is -2.46. The Morgan fingerprint density at radius 3 is 3.04 bits per heavy atom. The Bertz CT molecular complexity index is 889. The molecule has 1 aliphatic rings. The monoisotopic (exact) mass is 405 g/mol. The Morgan fingerprint density at radius 1 is 1.52 bits per heavy atom. The SMILES string of the molecule is C=CCn1c(S[C@H](C)C(=O)N[C@@H]2CCC[C@@H](C)[C@H]2C)nc2ccsc2c1=O. The van der Waals surface area contributed by atoms with Crippen molar-refractivity contribution in [1.29, 1.82) is 0 Å². The maximum atomic E-state index is 12.8. The van der Waals surface area contributed by atoms with Gasteiger partial charge in [0.15, 0.2) is 5.16 Å². The highest BCUT2D eigenvalue weighted by Gasteiger charge is 2.30. The van der Waals surface area contributed by atoms with Gasteiger partial charge in [-0.25, -0.2) is 4.98 Å². The highest BCUT2D eigenvalue weighted by atomic mass is 32.2. The normalized spacial score (nSPS) is 23.9. The third-order valence-corrected chi connectivity index (χ3v) is 7.51. The van der Waals surface area contributed by atoms with Crippen LogP contribution in [0, 0.1) is 11.8 Å². The fourth-order valence-corrected chi connectivity index (χ4v) is 5.31. The summed E-state index contributed by atoms with van der Waals surface area (Å²) < 4.78 is 2.24. The number of hydrogen-bond donors (Lipinski definition) is 1. The van der Waals surface area contributed by atoms with Gasteiger partial charge in [0.05, 0.1) is 10.8 Å². The van der Waals surface area contributed by atoms with Crippen molar-refractivity contribution in [3.8, 4) is 0 Å². The van der Waals surface area contributed by atoms with Gasteiger partial charge in [-0.15, -0.1) is 17.9 Å². The maximum absolute atomic E-state index is 12.8. The molecule has 1 amide bonds. The smallest absolute Gasteiger partial charge is 0.272 e. The molecule has 0 spiro atoms. The molecule has 4 atom stereocenters. The van der Waals surface area contributed by atoms with E-state index in [9.17, 15) is 9.59 Å². The van der Waals surface area contributed by atoms with Crippen molar-refractivity contribution < 1.29 is 4.79 Å². The summed E-state index contributed by atoms with van der Waals surface area (Å²) in [5, 5.41) is 5.34. The molecule has 2 aromatic rings. The lowest BCUT2D eigenvalue weighted by atomic mass is 9.78. The summed E-state index contributed by atoms with van der Waals surface area (Å²) in [6, 6.07) is 2.08. The van der Waals surface area contributed by atoms with Crippen LogP contribution in [0.15, 0.2) is 34.1 Å². The highest BCUT2D eigenvalue weighted by molar-refractivity contribution is 8.00. The quantitative estimate of drug-likeness (QED) is 0.447. The van der Waals surface area contributed by atoms with E-state index in [1.54, 1.807) is 10.6 Å². The van der Waals surface area contributed by atoms with E-state index < -0.39 is 0 Å². The van der Waals surface area contributed by atoms with Gasteiger partial charge in [0.1, 0.15) is 4.70 Å². The van der Waals surface area contributed by atoms with E-state index in [0.717, 1.165) is 12.8 Å². The molecule has 7 heteroatoms. The second-order valence-corrected chi connectivity index (χ2v) is 9.60. The van der Waals surface area contributed by atoms with Crippen molar-refractivity contribution in [1.82, 2.24) is 14.9 Å². The number of allylic oxidation sites excluding steroid dienone is 1. The minimum Gasteiger partial charge on any atom is -0.352 e. The first kappa shape index (κ1) is 20.1. The van der Waals surface area contributed by atoms with Gasteiger partial charge in [0, 0.05) is 12.6 Å². The molecule has 0 unspecified atom stereocenters. The first-order chi connectivity index (χ1) is 12.9. The molecule has 0 aromatic carbocycles. The van der Waals surface area contributed by atoms with Crippen molar-refractivity contribution in [2.75, 3.05) is 0 Å². The average molecular weight is 406 g/mol. The zero-order valence-corrected chi connectivity index (χ0v) is 17.7. The van der Waals surface area contributed by atoms with Crippen molar-refractivity contribution in [2.24, 2.45) is 11.8 Å². The van der Waals surface area contributed by atoms with E-state index >= 15 is 0 Å². The summed E-state index contributed by atoms with van der Waals surface area (Å²) in [5.41, 5.74) is 0.620. The number of fused-ring (bicyclic) bond motifs is 1. The van der Waals surface area contributed by atoms with Gasteiger partial charge >= 0.3 is 0 Å². The molecule has 0 aliphatic heterocycles. The summed E-state index contributed by atoms with van der Waals surface area (Å²) >= 11 is 2.73. The molecule has 146 valence electrons. The largest absolute Gasteiger partial charge is 0.352 e. The molecule has 1 aliphatic carbocycles. The Labute approximate surface area is 168 Å². The van der Waals surface area contributed by atoms with Crippen LogP contribution in [-0.4, -0.2) is 26.8 Å². The standard InChI is InChI=1S/C20H27N3O2S2/c1-5-10-23-19(25)17-16(9-11-26-17)22-20(23)27-14(4)18(24)21-15-8-6-7-12(2)13(15)3/h5,9,11-15H,1,6-8,10H2,2-4H3,(H,21,24)/t12-,13-,14-,15-/m1/s1. The molecule has 1 saturated carbocycles. The number of rotatable bonds is 6. The predicted octanol–water partition coefficient (Wildman–Crippen LogP) is 4.07. The topological polar surface area (TPSA) is 64.0 Å². The summed E-state index contributed by atoms with van der Waals surface area (Å²) in [7, 11) is 0. The summed E-state index contributed by atoms with van der Waals surface area (Å²) in [5.74, 6) is 1.13. The zero-order chi connectivity index (χ0) is 19.6. The minimum absolute atomic E-state index is 0.00997. The Kier molecular flexibility index (Phi) is 6.42. The number of amides is 1. The van der Waals surface area contributed by atoms with Crippen LogP contribution in [0.2, 0.25) is 0 Å². The van der Waals surface area contributed by atoms with Crippen LogP contribution in [0.25, 0.3) is 10.2 Å². The van der Waals surface area contributed by atoms with Crippen molar-refractivity contribution in [3.63, 3.8) is 0 Å². The molecule has 5 nitrogen and oxygen atoms in total. The number of carbonyl (C=O) groups is 1. The lowest BCUT2D eigenvalue weighted by Gasteiger charge is -2.35. The summed E-state index contributed by atoms with van der Waals surface area (Å²) in [6.45, 7) is 10.5. The van der Waals surface area contributed by atoms with Gasteiger partial charge in [-0.05, 0) is 36.6 Å². The van der Waals surface area contributed by atoms with Gasteiger partial charge in [-0.3, -0.25) is 14.2 Å². The number of thioether (sulfide) groups is 1. The van der Waals surface area contributed by atoms with E-state index in [1.807, 2.05) is 18.4 Å². The first-order valence-corrected chi connectivity index (χ1v) is 11.2. The van der Waals surface area contributed by atoms with Gasteiger partial charge in [0.25, 0.3) is 5.56 Å². The van der Waals surface area contributed by atoms with Gasteiger partial charge < -0.3 is 5.32 Å². The van der Waals surface area contributed by atoms with Crippen molar-refractivity contribution in [3.05, 3.63) is 34.5 Å². The number of carbonyl (C=O) groups excluding carboxylic acids is 1. The van der Waals surface area contributed by atoms with Crippen LogP contribution in [0.1, 0.15) is 40.0 Å². The van der Waals surface area contributed by atoms with Crippen molar-refractivity contribution >= 4 is 39.2 Å². The third kappa shape index (κ3) is 4.29. The highest BCUT2D eigenvalue weighted by Crippen LogP contribution is 2.30. The van der Waals surface area contributed by atoms with Gasteiger partial charge in [-0.1, -0.05) is 44.5 Å². The molecule has 2 heterocycles. The molecule has 0 saturated heterocycles. The Hall–Kier alpha value is -1.60. The molecule has 2 aromatic heterocycles. The summed E-state index contributed by atoms with van der Waals surface area (Å²) in [4.78, 5) is 30.1. The van der Waals surface area contributed by atoms with Crippen LogP contribution in [0.5, 0.6) is 0 Å². The third-order valence-electron chi connectivity index (χ3n) is 5.53. The van der Waals surface area contributed by atoms with E-state index in [-0.39, 0.29) is 22.8 Å². The molecule has 1 N–H and O–H groups in total. The lowest BCUT2D eigenvalue weighted by molar-refractivity contribution is -0.121. The average Bonchev–Trinajstić information content (AvgIpc) is 3.11. The molecule has 1 fully saturated rings. The predicted molar refractivity (Wildman–Crippen MR) is 114 cm³/mol. The van der Waals surface area contributed by atoms with Crippen LogP contribution in [-0.2, 0) is 11.3 Å². The first-order valence-electron chi connectivity index (χ1n) is 9.48. The molecule has 0 bridgehead atoms. The van der Waals surface area contributed by atoms with Gasteiger partial charge in [-0.2, -0.15) is 0 Å². The Morgan fingerprint density at radius 2 is 2.30 bits per heavy atom. The van der Waals surface area contributed by atoms with Crippen LogP contribution >= 0.6 is 23.1 Å². The van der Waals surface area contributed by atoms with Crippen LogP contribution in [0.4, 0.5) is 0 Å². The number of thiophene rings is 1. The number of nitrogens with zero attached hydrogens (tertiary/aromatic N) is 2. The molecular weight excluding hydrogens is 378 g/mol. The van der Waals surface area contributed by atoms with E-state index in [1.165, 1.54) is 29.5 Å². The van der Waals surface area contributed by atoms with Crippen molar-refractivity contribution in [2.45, 2.75) is 63.0 Å². The number of aromatic nitrogens is 2. The Balaban J connectivity index is 1.77. The zero-order valence-electron chi connectivity index (χ0n) is 16.1. The molecule has 0 radical (unpaired) electrons. The molecular formula is C20H27N3O2S2. The number of nitrogens with one attached hydrogen (secondary N) is 1. The maximum Gasteiger partial charge on any atom is 0.272 e. The molecule has 3 rings (SSSR count).